The summed E-state index contributed by atoms with van der Waals surface area (Å²) in [5.74, 6) is -2.38. The van der Waals surface area contributed by atoms with Crippen LogP contribution >= 0.6 is 39.7 Å². The van der Waals surface area contributed by atoms with Crippen molar-refractivity contribution < 1.29 is 33.4 Å². The van der Waals surface area contributed by atoms with Crippen LogP contribution in [0, 0.1) is 5.21 Å². The normalized spacial score (nSPS) is 9.95. The standard InChI is InChI=1S/C14H12N2O4.C14H12N2O3.Cl3P/c1-9(17)11-3-4-13(16(19)8-11)12-7-10(5-6-15-12)14(18)20-2;1-9(17)11-3-4-12(16-8-11)13-7-10(5-6-15-13)14(18)19-2;1-4(2)3/h3-8H,1-2H3;3-8H,1-2H3;. The molecule has 4 rings (SSSR count). The number of hydrogen-bond donors (Lipinski definition) is 0. The Bertz CT molecular complexity index is 1600. The predicted molar refractivity (Wildman–Crippen MR) is 163 cm³/mol. The molecule has 0 aromatic carbocycles. The van der Waals surface area contributed by atoms with Gasteiger partial charge in [-0.15, -0.1) is 0 Å². The van der Waals surface area contributed by atoms with Crippen LogP contribution in [0.3, 0.4) is 0 Å². The number of methoxy groups -OCH3 is 2. The highest BCUT2D eigenvalue weighted by molar-refractivity contribution is 8.20. The van der Waals surface area contributed by atoms with Gasteiger partial charge in [-0.3, -0.25) is 19.6 Å². The second-order valence-corrected chi connectivity index (χ2v) is 13.2. The fourth-order valence-electron chi connectivity index (χ4n) is 3.27. The maximum absolute atomic E-state index is 11.9. The Labute approximate surface area is 262 Å². The first-order valence-corrected chi connectivity index (χ1v) is 16.0. The third kappa shape index (κ3) is 11.0. The number of rotatable bonds is 6. The van der Waals surface area contributed by atoms with Gasteiger partial charge < -0.3 is 14.7 Å². The van der Waals surface area contributed by atoms with Crippen molar-refractivity contribution in [3.63, 3.8) is 0 Å². The number of esters is 2. The average molecular weight is 666 g/mol. The lowest BCUT2D eigenvalue weighted by molar-refractivity contribution is -0.593. The van der Waals surface area contributed by atoms with E-state index in [2.05, 4.69) is 24.4 Å². The number of halogens is 3. The van der Waals surface area contributed by atoms with E-state index in [0.29, 0.717) is 44.1 Å². The van der Waals surface area contributed by atoms with Crippen LogP contribution in [0.4, 0.5) is 0 Å². The Kier molecular flexibility index (Phi) is 14.1. The summed E-state index contributed by atoms with van der Waals surface area (Å²) in [6.07, 6.45) is 5.61. The Balaban J connectivity index is 0.000000267. The fourth-order valence-corrected chi connectivity index (χ4v) is 3.27. The van der Waals surface area contributed by atoms with Crippen molar-refractivity contribution in [1.82, 2.24) is 15.0 Å². The molecule has 4 aromatic heterocycles. The van der Waals surface area contributed by atoms with Gasteiger partial charge in [0.05, 0.1) is 42.3 Å². The minimum Gasteiger partial charge on any atom is -0.618 e. The summed E-state index contributed by atoms with van der Waals surface area (Å²) in [6.45, 7) is 2.86. The predicted octanol–water partition coefficient (Wildman–Crippen LogP) is 6.43. The van der Waals surface area contributed by atoms with Crippen LogP contribution in [0.5, 0.6) is 0 Å². The first-order chi connectivity index (χ1) is 20.4. The summed E-state index contributed by atoms with van der Waals surface area (Å²) in [5, 5.41) is 11.9. The first kappa shape index (κ1) is 35.2. The lowest BCUT2D eigenvalue weighted by Crippen LogP contribution is -2.30. The SMILES string of the molecule is COC(=O)c1ccnc(-c2ccc(C(C)=O)c[n+]2[O-])c1.COC(=O)c1ccnc(-c2ccc(C(C)=O)cn2)c1.ClP(Cl)Cl. The molecule has 0 amide bonds. The van der Waals surface area contributed by atoms with E-state index < -0.39 is 17.9 Å². The second kappa shape index (κ2) is 17.2. The molecule has 0 aliphatic rings. The van der Waals surface area contributed by atoms with Crippen molar-refractivity contribution in [3.8, 4) is 22.8 Å². The highest BCUT2D eigenvalue weighted by Crippen LogP contribution is 2.51. The number of ether oxygens (including phenoxy) is 2. The third-order valence-electron chi connectivity index (χ3n) is 5.38. The third-order valence-corrected chi connectivity index (χ3v) is 5.38. The van der Waals surface area contributed by atoms with Gasteiger partial charge in [0, 0.05) is 30.2 Å². The van der Waals surface area contributed by atoms with E-state index in [1.54, 1.807) is 30.3 Å². The van der Waals surface area contributed by atoms with Crippen LogP contribution in [-0.2, 0) is 9.47 Å². The maximum atomic E-state index is 11.9. The fraction of sp³-hybridized carbons (Fsp3) is 0.143. The van der Waals surface area contributed by atoms with E-state index in [0.717, 1.165) is 0 Å². The topological polar surface area (TPSA) is 152 Å². The number of carbonyl (C=O) groups excluding carboxylic acids is 4. The minimum atomic E-state index is -1.20. The van der Waals surface area contributed by atoms with Crippen LogP contribution in [0.1, 0.15) is 55.3 Å². The number of pyridine rings is 4. The van der Waals surface area contributed by atoms with Gasteiger partial charge >= 0.3 is 11.9 Å². The quantitative estimate of drug-likeness (QED) is 0.0740. The number of Topliss-reactive ketones (excluding diaryl/α,β-unsaturated/α-hetero) is 2. The van der Waals surface area contributed by atoms with Gasteiger partial charge in [-0.05, 0) is 56.3 Å². The van der Waals surface area contributed by atoms with Crippen LogP contribution in [0.2, 0.25) is 0 Å². The molecule has 15 heteroatoms. The molecule has 0 spiro atoms. The molecule has 0 saturated carbocycles. The van der Waals surface area contributed by atoms with Gasteiger partial charge in [-0.25, -0.2) is 14.6 Å². The van der Waals surface area contributed by atoms with E-state index in [9.17, 15) is 24.4 Å². The molecular formula is C28H24Cl3N4O7P. The lowest BCUT2D eigenvalue weighted by atomic mass is 10.1. The maximum Gasteiger partial charge on any atom is 0.337 e. The highest BCUT2D eigenvalue weighted by atomic mass is 36.0. The Morgan fingerprint density at radius 2 is 1.19 bits per heavy atom. The van der Waals surface area contributed by atoms with Gasteiger partial charge in [0.2, 0.25) is 5.69 Å². The van der Waals surface area contributed by atoms with E-state index >= 15 is 0 Å². The highest BCUT2D eigenvalue weighted by Gasteiger charge is 2.15. The summed E-state index contributed by atoms with van der Waals surface area (Å²) in [4.78, 5) is 57.6. The van der Waals surface area contributed by atoms with Gasteiger partial charge in [0.1, 0.15) is 5.69 Å². The summed E-state index contributed by atoms with van der Waals surface area (Å²) in [5.41, 5.74) is 3.28. The summed E-state index contributed by atoms with van der Waals surface area (Å²) in [6, 6.07) is 12.5. The molecule has 0 aliphatic carbocycles. The molecule has 43 heavy (non-hydrogen) atoms. The molecule has 0 fully saturated rings. The Morgan fingerprint density at radius 3 is 1.63 bits per heavy atom. The number of nitrogens with zero attached hydrogens (tertiary/aromatic N) is 4. The molecule has 4 heterocycles. The first-order valence-electron chi connectivity index (χ1n) is 12.0. The average Bonchev–Trinajstić information content (AvgIpc) is 3.00. The zero-order valence-electron chi connectivity index (χ0n) is 23.2. The molecule has 4 aromatic rings. The molecular weight excluding hydrogens is 642 g/mol. The van der Waals surface area contributed by atoms with Crippen molar-refractivity contribution in [3.05, 3.63) is 101 Å². The molecule has 0 unspecified atom stereocenters. The second-order valence-electron chi connectivity index (χ2n) is 8.21. The summed E-state index contributed by atoms with van der Waals surface area (Å²) < 4.78 is 9.81. The van der Waals surface area contributed by atoms with E-state index in [1.807, 2.05) is 0 Å². The molecule has 0 aliphatic heterocycles. The molecule has 0 saturated heterocycles. The van der Waals surface area contributed by atoms with E-state index in [4.69, 9.17) is 33.7 Å². The van der Waals surface area contributed by atoms with Crippen molar-refractivity contribution in [2.45, 2.75) is 13.8 Å². The van der Waals surface area contributed by atoms with E-state index in [1.165, 1.54) is 71.1 Å². The van der Waals surface area contributed by atoms with Crippen molar-refractivity contribution in [1.29, 1.82) is 0 Å². The molecule has 224 valence electrons. The van der Waals surface area contributed by atoms with Crippen LogP contribution in [0.15, 0.2) is 73.3 Å². The van der Waals surface area contributed by atoms with Crippen molar-refractivity contribution in [2.75, 3.05) is 14.2 Å². The number of carbonyl (C=O) groups is 4. The monoisotopic (exact) mass is 664 g/mol. The zero-order valence-corrected chi connectivity index (χ0v) is 26.3. The van der Waals surface area contributed by atoms with Gasteiger partial charge in [0.25, 0.3) is 0 Å². The van der Waals surface area contributed by atoms with Gasteiger partial charge in [-0.1, -0.05) is 33.7 Å². The Hall–Kier alpha value is -4.02. The minimum absolute atomic E-state index is 0.0460. The van der Waals surface area contributed by atoms with Gasteiger partial charge in [-0.2, -0.15) is 4.73 Å². The molecule has 0 atom stereocenters. The summed E-state index contributed by atoms with van der Waals surface area (Å²) in [7, 11) is 2.60. The van der Waals surface area contributed by atoms with Crippen LogP contribution in [0.25, 0.3) is 22.8 Å². The van der Waals surface area contributed by atoms with Crippen LogP contribution < -0.4 is 4.73 Å². The Morgan fingerprint density at radius 1 is 0.698 bits per heavy atom. The smallest absolute Gasteiger partial charge is 0.337 e. The molecule has 11 nitrogen and oxygen atoms in total. The number of aromatic nitrogens is 4. The summed E-state index contributed by atoms with van der Waals surface area (Å²) >= 11 is 14.6. The van der Waals surface area contributed by atoms with E-state index in [-0.39, 0.29) is 17.3 Å². The van der Waals surface area contributed by atoms with Crippen LogP contribution in [-0.4, -0.2) is 52.7 Å². The zero-order chi connectivity index (χ0) is 32.1. The molecule has 0 N–H and O–H groups in total. The largest absolute Gasteiger partial charge is 0.618 e. The van der Waals surface area contributed by atoms with Gasteiger partial charge in [0.15, 0.2) is 23.7 Å². The lowest BCUT2D eigenvalue weighted by Gasteiger charge is -2.06. The molecule has 0 radical (unpaired) electrons. The number of ketones is 2. The van der Waals surface area contributed by atoms with Crippen molar-refractivity contribution in [2.24, 2.45) is 0 Å². The number of hydrogen-bond acceptors (Lipinski definition) is 10. The van der Waals surface area contributed by atoms with Crippen molar-refractivity contribution >= 4 is 63.2 Å². The molecule has 0 bridgehead atoms.